The summed E-state index contributed by atoms with van der Waals surface area (Å²) in [7, 11) is -0.758. The Labute approximate surface area is 90.5 Å². The minimum absolute atomic E-state index is 0.120. The van der Waals surface area contributed by atoms with Crippen molar-refractivity contribution in [3.63, 3.8) is 0 Å². The molecule has 1 atom stereocenters. The van der Waals surface area contributed by atoms with Crippen molar-refractivity contribution in [2.45, 2.75) is 43.5 Å². The Morgan fingerprint density at radius 1 is 1.40 bits per heavy atom. The summed E-state index contributed by atoms with van der Waals surface area (Å²) in [4.78, 5) is 0. The van der Waals surface area contributed by atoms with Crippen LogP contribution in [0.15, 0.2) is 12.3 Å². The highest BCUT2D eigenvalue weighted by Gasteiger charge is 2.37. The second kappa shape index (κ2) is 5.16. The zero-order valence-electron chi connectivity index (χ0n) is 8.78. The molecule has 0 bridgehead atoms. The molecule has 1 aliphatic rings. The molecule has 1 heterocycles. The molecule has 0 radical (unpaired) electrons. The Balaban J connectivity index is 2.52. The van der Waals surface area contributed by atoms with Gasteiger partial charge in [0.2, 0.25) is 0 Å². The van der Waals surface area contributed by atoms with E-state index in [1.54, 1.807) is 5.70 Å². The van der Waals surface area contributed by atoms with E-state index >= 15 is 0 Å². The van der Waals surface area contributed by atoms with Gasteiger partial charge in [-0.3, -0.25) is 0 Å². The monoisotopic (exact) mass is 238 g/mol. The quantitative estimate of drug-likeness (QED) is 0.684. The van der Waals surface area contributed by atoms with Crippen LogP contribution >= 0.6 is 0 Å². The lowest BCUT2D eigenvalue weighted by Crippen LogP contribution is -2.42. The van der Waals surface area contributed by atoms with Crippen molar-refractivity contribution >= 4 is 9.52 Å². The van der Waals surface area contributed by atoms with Crippen LogP contribution < -0.4 is 0 Å². The van der Waals surface area contributed by atoms with Crippen LogP contribution in [-0.2, 0) is 4.74 Å². The number of ether oxygens (including phenoxy) is 1. The highest BCUT2D eigenvalue weighted by atomic mass is 28.2. The molecule has 0 N–H and O–H groups in total. The molecule has 0 spiro atoms. The van der Waals surface area contributed by atoms with Crippen LogP contribution in [0, 0.1) is 0 Å². The van der Waals surface area contributed by atoms with Crippen LogP contribution in [0.5, 0.6) is 0 Å². The van der Waals surface area contributed by atoms with E-state index in [1.165, 1.54) is 0 Å². The molecule has 0 aromatic carbocycles. The van der Waals surface area contributed by atoms with E-state index in [9.17, 15) is 13.2 Å². The Morgan fingerprint density at radius 2 is 2.13 bits per heavy atom. The Hall–Kier alpha value is -0.293. The fourth-order valence-corrected chi connectivity index (χ4v) is 3.63. The van der Waals surface area contributed by atoms with Gasteiger partial charge in [-0.2, -0.15) is 13.2 Å². The van der Waals surface area contributed by atoms with E-state index in [0.717, 1.165) is 19.3 Å². The summed E-state index contributed by atoms with van der Waals surface area (Å²) in [5, 5.41) is -0.463. The molecule has 1 aliphatic heterocycles. The summed E-state index contributed by atoms with van der Waals surface area (Å²) in [6, 6.07) is 0. The largest absolute Gasteiger partial charge is 0.389 e. The van der Waals surface area contributed by atoms with E-state index in [2.05, 4.69) is 6.58 Å². The van der Waals surface area contributed by atoms with Gasteiger partial charge in [-0.1, -0.05) is 0 Å². The third kappa shape index (κ3) is 4.38. The van der Waals surface area contributed by atoms with E-state index in [0.29, 0.717) is 6.61 Å². The maximum atomic E-state index is 12.2. The maximum Gasteiger partial charge on any atom is 0.389 e. The lowest BCUT2D eigenvalue weighted by molar-refractivity contribution is -0.147. The Kier molecular flexibility index (Phi) is 4.40. The molecule has 0 saturated carbocycles. The lowest BCUT2D eigenvalue weighted by atomic mass is 10.0. The minimum atomic E-state index is -4.07. The fraction of sp³-hybridized carbons (Fsp3) is 0.800. The lowest BCUT2D eigenvalue weighted by Gasteiger charge is -2.37. The van der Waals surface area contributed by atoms with Gasteiger partial charge in [0.15, 0.2) is 0 Å². The molecule has 0 aromatic rings. The van der Waals surface area contributed by atoms with Gasteiger partial charge in [0.1, 0.15) is 0 Å². The molecule has 0 aliphatic carbocycles. The Morgan fingerprint density at radius 3 is 2.60 bits per heavy atom. The summed E-state index contributed by atoms with van der Waals surface area (Å²) in [5.74, 6) is 0. The molecular weight excluding hydrogens is 221 g/mol. The molecule has 0 amide bonds. The number of hydrogen-bond acceptors (Lipinski definition) is 1. The number of rotatable bonds is 4. The topological polar surface area (TPSA) is 9.23 Å². The summed E-state index contributed by atoms with van der Waals surface area (Å²) in [6.07, 6.45) is -1.94. The van der Waals surface area contributed by atoms with Crippen LogP contribution in [-0.4, -0.2) is 27.5 Å². The minimum Gasteiger partial charge on any atom is -0.379 e. The highest BCUT2D eigenvalue weighted by molar-refractivity contribution is 6.45. The normalized spacial score (nSPS) is 28.5. The predicted octanol–water partition coefficient (Wildman–Crippen LogP) is 2.54. The molecular formula is C10H17F3OSi. The third-order valence-corrected chi connectivity index (χ3v) is 4.76. The van der Waals surface area contributed by atoms with Gasteiger partial charge in [-0.15, -0.1) is 12.3 Å². The van der Waals surface area contributed by atoms with E-state index in [-0.39, 0.29) is 6.42 Å². The highest BCUT2D eigenvalue weighted by Crippen LogP contribution is 2.33. The first-order chi connectivity index (χ1) is 6.97. The van der Waals surface area contributed by atoms with E-state index in [1.807, 2.05) is 0 Å². The van der Waals surface area contributed by atoms with Crippen molar-refractivity contribution in [3.05, 3.63) is 12.3 Å². The first-order valence-electron chi connectivity index (χ1n) is 5.29. The molecule has 88 valence electrons. The fourth-order valence-electron chi connectivity index (χ4n) is 2.00. The Bertz CT molecular complexity index is 209. The van der Waals surface area contributed by atoms with Crippen molar-refractivity contribution in [1.82, 2.24) is 0 Å². The first-order valence-corrected chi connectivity index (χ1v) is 6.81. The average Bonchev–Trinajstić information content (AvgIpc) is 2.16. The first kappa shape index (κ1) is 12.8. The van der Waals surface area contributed by atoms with Gasteiger partial charge in [0, 0.05) is 13.0 Å². The van der Waals surface area contributed by atoms with E-state index < -0.39 is 27.3 Å². The maximum absolute atomic E-state index is 12.2. The van der Waals surface area contributed by atoms with Crippen molar-refractivity contribution in [2.75, 3.05) is 6.61 Å². The molecule has 5 heteroatoms. The smallest absolute Gasteiger partial charge is 0.379 e. The summed E-state index contributed by atoms with van der Waals surface area (Å²) in [5.41, 5.74) is 1.79. The predicted molar refractivity (Wildman–Crippen MR) is 56.6 cm³/mol. The summed E-state index contributed by atoms with van der Waals surface area (Å²) < 4.78 is 42.1. The van der Waals surface area contributed by atoms with Crippen molar-refractivity contribution in [3.8, 4) is 0 Å². The summed E-state index contributed by atoms with van der Waals surface area (Å²) >= 11 is 0. The number of hydrogen-bond donors (Lipinski definition) is 0. The summed E-state index contributed by atoms with van der Waals surface area (Å²) in [6.45, 7) is 4.25. The van der Waals surface area contributed by atoms with Gasteiger partial charge in [-0.05, 0) is 25.7 Å². The average molecular weight is 238 g/mol. The van der Waals surface area contributed by atoms with Crippen molar-refractivity contribution < 1.29 is 17.9 Å². The second-order valence-electron chi connectivity index (χ2n) is 4.10. The van der Waals surface area contributed by atoms with Crippen LogP contribution in [0.25, 0.3) is 0 Å². The molecule has 15 heavy (non-hydrogen) atoms. The SMILES string of the molecule is C=C[SiH2]C1(CCC(F)(F)F)CCCCO1. The molecule has 0 aromatic heterocycles. The van der Waals surface area contributed by atoms with Gasteiger partial charge in [0.25, 0.3) is 0 Å². The molecule has 1 fully saturated rings. The van der Waals surface area contributed by atoms with Crippen LogP contribution in [0.3, 0.4) is 0 Å². The van der Waals surface area contributed by atoms with Crippen LogP contribution in [0.4, 0.5) is 13.2 Å². The number of alkyl halides is 3. The van der Waals surface area contributed by atoms with Gasteiger partial charge in [-0.25, -0.2) is 0 Å². The third-order valence-electron chi connectivity index (χ3n) is 2.82. The van der Waals surface area contributed by atoms with Gasteiger partial charge in [0.05, 0.1) is 14.7 Å². The van der Waals surface area contributed by atoms with E-state index in [4.69, 9.17) is 4.74 Å². The molecule has 1 saturated heterocycles. The zero-order chi connectivity index (χ0) is 11.4. The molecule has 1 rings (SSSR count). The second-order valence-corrected chi connectivity index (χ2v) is 6.37. The number of halogens is 3. The van der Waals surface area contributed by atoms with Crippen LogP contribution in [0.2, 0.25) is 0 Å². The standard InChI is InChI=1S/C10H17F3OSi/c1-2-15-9(5-3-4-8-14-9)6-7-10(11,12)13/h2H,1,3-8,15H2. The van der Waals surface area contributed by atoms with Gasteiger partial charge >= 0.3 is 6.18 Å². The van der Waals surface area contributed by atoms with Gasteiger partial charge < -0.3 is 4.74 Å². The zero-order valence-corrected chi connectivity index (χ0v) is 10.2. The van der Waals surface area contributed by atoms with Crippen molar-refractivity contribution in [2.24, 2.45) is 0 Å². The molecule has 1 unspecified atom stereocenters. The van der Waals surface area contributed by atoms with Crippen molar-refractivity contribution in [1.29, 1.82) is 0 Å². The van der Waals surface area contributed by atoms with Crippen LogP contribution in [0.1, 0.15) is 32.1 Å². The molecule has 1 nitrogen and oxygen atoms in total.